The highest BCUT2D eigenvalue weighted by atomic mass is 32.2. The minimum atomic E-state index is -3.27. The second-order valence-electron chi connectivity index (χ2n) is 5.37. The number of fused-ring (bicyclic) bond motifs is 1. The van der Waals surface area contributed by atoms with E-state index in [1.165, 1.54) is 11.2 Å². The molecule has 0 radical (unpaired) electrons. The molecular weight excluding hydrogens is 308 g/mol. The number of benzene rings is 1. The standard InChI is InChI=1S/C14H18N2O3S2/c1-21(18,19)13-10-20-9-8-16(13)14(17)15-7-6-11-4-2-3-5-12(11)15/h2-5,13H,6-10H2,1H3/t13-/m0/s1. The van der Waals surface area contributed by atoms with Crippen molar-refractivity contribution in [3.63, 3.8) is 0 Å². The zero-order valence-electron chi connectivity index (χ0n) is 11.9. The van der Waals surface area contributed by atoms with Crippen LogP contribution in [-0.2, 0) is 16.3 Å². The van der Waals surface area contributed by atoms with E-state index < -0.39 is 15.2 Å². The number of para-hydroxylation sites is 1. The number of rotatable bonds is 1. The van der Waals surface area contributed by atoms with Crippen LogP contribution in [0.15, 0.2) is 24.3 Å². The van der Waals surface area contributed by atoms with Gasteiger partial charge in [-0.2, -0.15) is 11.8 Å². The summed E-state index contributed by atoms with van der Waals surface area (Å²) in [5.41, 5.74) is 2.06. The van der Waals surface area contributed by atoms with Gasteiger partial charge in [0.25, 0.3) is 0 Å². The number of thioether (sulfide) groups is 1. The van der Waals surface area contributed by atoms with Crippen LogP contribution in [0.3, 0.4) is 0 Å². The number of amides is 2. The molecule has 0 saturated carbocycles. The molecule has 1 saturated heterocycles. The predicted molar refractivity (Wildman–Crippen MR) is 85.6 cm³/mol. The van der Waals surface area contributed by atoms with E-state index in [0.29, 0.717) is 18.8 Å². The number of sulfone groups is 1. The van der Waals surface area contributed by atoms with E-state index in [1.807, 2.05) is 24.3 Å². The second-order valence-corrected chi connectivity index (χ2v) is 8.72. The van der Waals surface area contributed by atoms with Gasteiger partial charge in [0.05, 0.1) is 0 Å². The smallest absolute Gasteiger partial charge is 0.306 e. The summed E-state index contributed by atoms with van der Waals surface area (Å²) in [6.07, 6.45) is 2.04. The Kier molecular flexibility index (Phi) is 3.88. The fraction of sp³-hybridized carbons (Fsp3) is 0.500. The van der Waals surface area contributed by atoms with Gasteiger partial charge in [0.15, 0.2) is 9.84 Å². The fourth-order valence-corrected chi connectivity index (χ4v) is 5.66. The second kappa shape index (κ2) is 5.53. The molecule has 1 fully saturated rings. The first-order valence-corrected chi connectivity index (χ1v) is 10.0. The zero-order chi connectivity index (χ0) is 15.0. The van der Waals surface area contributed by atoms with Crippen LogP contribution < -0.4 is 4.90 Å². The molecule has 0 N–H and O–H groups in total. The number of urea groups is 1. The fourth-order valence-electron chi connectivity index (χ4n) is 2.85. The van der Waals surface area contributed by atoms with Crippen LogP contribution in [0.1, 0.15) is 5.56 Å². The maximum Gasteiger partial charge on any atom is 0.325 e. The molecule has 5 nitrogen and oxygen atoms in total. The van der Waals surface area contributed by atoms with Crippen molar-refractivity contribution in [3.8, 4) is 0 Å². The lowest BCUT2D eigenvalue weighted by molar-refractivity contribution is 0.204. The Morgan fingerprint density at radius 1 is 1.29 bits per heavy atom. The lowest BCUT2D eigenvalue weighted by Crippen LogP contribution is -2.54. The summed E-state index contributed by atoms with van der Waals surface area (Å²) in [6, 6.07) is 7.63. The third kappa shape index (κ3) is 2.76. The summed E-state index contributed by atoms with van der Waals surface area (Å²) in [7, 11) is -3.27. The van der Waals surface area contributed by atoms with Crippen LogP contribution in [0.2, 0.25) is 0 Å². The summed E-state index contributed by atoms with van der Waals surface area (Å²) in [4.78, 5) is 16.0. The van der Waals surface area contributed by atoms with Gasteiger partial charge in [0.2, 0.25) is 0 Å². The van der Waals surface area contributed by atoms with E-state index in [0.717, 1.165) is 23.4 Å². The topological polar surface area (TPSA) is 57.7 Å². The summed E-state index contributed by atoms with van der Waals surface area (Å²) >= 11 is 1.59. The molecule has 1 aromatic carbocycles. The van der Waals surface area contributed by atoms with Gasteiger partial charge in [0, 0.05) is 36.5 Å². The first-order chi connectivity index (χ1) is 9.98. The van der Waals surface area contributed by atoms with Gasteiger partial charge in [-0.15, -0.1) is 0 Å². The molecule has 2 aliphatic heterocycles. The highest BCUT2D eigenvalue weighted by Gasteiger charge is 2.38. The van der Waals surface area contributed by atoms with Crippen molar-refractivity contribution in [2.75, 3.05) is 35.8 Å². The number of carbonyl (C=O) groups is 1. The van der Waals surface area contributed by atoms with Gasteiger partial charge < -0.3 is 4.90 Å². The molecular formula is C14H18N2O3S2. The molecule has 0 aliphatic carbocycles. The van der Waals surface area contributed by atoms with Crippen molar-refractivity contribution >= 4 is 33.3 Å². The molecule has 0 unspecified atom stereocenters. The number of hydrogen-bond donors (Lipinski definition) is 0. The third-order valence-electron chi connectivity index (χ3n) is 3.94. The van der Waals surface area contributed by atoms with Gasteiger partial charge in [-0.3, -0.25) is 4.90 Å². The maximum atomic E-state index is 12.8. The van der Waals surface area contributed by atoms with Gasteiger partial charge in [-0.05, 0) is 18.1 Å². The third-order valence-corrected chi connectivity index (χ3v) is 6.59. The molecule has 0 bridgehead atoms. The summed E-state index contributed by atoms with van der Waals surface area (Å²) in [5.74, 6) is 1.24. The first-order valence-electron chi connectivity index (χ1n) is 6.91. The van der Waals surface area contributed by atoms with Crippen LogP contribution in [0.25, 0.3) is 0 Å². The van der Waals surface area contributed by atoms with Crippen molar-refractivity contribution in [2.24, 2.45) is 0 Å². The van der Waals surface area contributed by atoms with Crippen LogP contribution >= 0.6 is 11.8 Å². The predicted octanol–water partition coefficient (Wildman–Crippen LogP) is 1.59. The molecule has 0 spiro atoms. The molecule has 2 amide bonds. The monoisotopic (exact) mass is 326 g/mol. The van der Waals surface area contributed by atoms with Crippen molar-refractivity contribution in [2.45, 2.75) is 11.8 Å². The molecule has 21 heavy (non-hydrogen) atoms. The van der Waals surface area contributed by atoms with E-state index in [4.69, 9.17) is 0 Å². The Hall–Kier alpha value is -1.21. The van der Waals surface area contributed by atoms with Crippen molar-refractivity contribution < 1.29 is 13.2 Å². The lowest BCUT2D eigenvalue weighted by Gasteiger charge is -2.36. The molecule has 7 heteroatoms. The zero-order valence-corrected chi connectivity index (χ0v) is 13.5. The quantitative estimate of drug-likeness (QED) is 0.786. The van der Waals surface area contributed by atoms with E-state index >= 15 is 0 Å². The van der Waals surface area contributed by atoms with Gasteiger partial charge in [0.1, 0.15) is 5.37 Å². The molecule has 1 aromatic rings. The number of anilines is 1. The van der Waals surface area contributed by atoms with Gasteiger partial charge >= 0.3 is 6.03 Å². The Labute approximate surface area is 129 Å². The first kappa shape index (κ1) is 14.7. The summed E-state index contributed by atoms with van der Waals surface area (Å²) in [6.45, 7) is 1.11. The Bertz CT molecular complexity index is 660. The van der Waals surface area contributed by atoms with E-state index in [2.05, 4.69) is 0 Å². The van der Waals surface area contributed by atoms with E-state index in [9.17, 15) is 13.2 Å². The highest BCUT2D eigenvalue weighted by Crippen LogP contribution is 2.30. The molecule has 2 aliphatic rings. The average molecular weight is 326 g/mol. The van der Waals surface area contributed by atoms with E-state index in [-0.39, 0.29) is 6.03 Å². The molecule has 2 heterocycles. The van der Waals surface area contributed by atoms with Gasteiger partial charge in [-0.25, -0.2) is 13.2 Å². The molecule has 1 atom stereocenters. The Morgan fingerprint density at radius 3 is 2.81 bits per heavy atom. The largest absolute Gasteiger partial charge is 0.325 e. The van der Waals surface area contributed by atoms with E-state index in [1.54, 1.807) is 16.7 Å². The van der Waals surface area contributed by atoms with Crippen LogP contribution in [0.4, 0.5) is 10.5 Å². The summed E-state index contributed by atoms with van der Waals surface area (Å²) in [5, 5.41) is -0.712. The summed E-state index contributed by atoms with van der Waals surface area (Å²) < 4.78 is 23.9. The van der Waals surface area contributed by atoms with Gasteiger partial charge in [-0.1, -0.05) is 18.2 Å². The number of hydrogen-bond acceptors (Lipinski definition) is 4. The van der Waals surface area contributed by atoms with Crippen LogP contribution in [0.5, 0.6) is 0 Å². The SMILES string of the molecule is CS(=O)(=O)[C@H]1CSCCN1C(=O)N1CCc2ccccc21. The highest BCUT2D eigenvalue weighted by molar-refractivity contribution is 8.00. The number of carbonyl (C=O) groups excluding carboxylic acids is 1. The van der Waals surface area contributed by atoms with Crippen LogP contribution in [-0.4, -0.2) is 55.6 Å². The average Bonchev–Trinajstić information content (AvgIpc) is 2.89. The van der Waals surface area contributed by atoms with Crippen LogP contribution in [0, 0.1) is 0 Å². The number of nitrogens with zero attached hydrogens (tertiary/aromatic N) is 2. The molecule has 0 aromatic heterocycles. The Morgan fingerprint density at radius 2 is 2.05 bits per heavy atom. The normalized spacial score (nSPS) is 22.2. The lowest BCUT2D eigenvalue weighted by atomic mass is 10.2. The molecule has 3 rings (SSSR count). The minimum Gasteiger partial charge on any atom is -0.306 e. The Balaban J connectivity index is 1.88. The van der Waals surface area contributed by atoms with Crippen molar-refractivity contribution in [3.05, 3.63) is 29.8 Å². The molecule has 114 valence electrons. The van der Waals surface area contributed by atoms with Crippen molar-refractivity contribution in [1.82, 2.24) is 4.90 Å². The minimum absolute atomic E-state index is 0.185. The maximum absolute atomic E-state index is 12.8. The van der Waals surface area contributed by atoms with Crippen molar-refractivity contribution in [1.29, 1.82) is 0 Å².